The third-order valence-corrected chi connectivity index (χ3v) is 5.94. The second-order valence-electron chi connectivity index (χ2n) is 6.72. The zero-order valence-corrected chi connectivity index (χ0v) is 17.3. The maximum atomic E-state index is 13.6. The number of aromatic nitrogens is 3. The lowest BCUT2D eigenvalue weighted by Gasteiger charge is -2.23. The zero-order chi connectivity index (χ0) is 23.8. The van der Waals surface area contributed by atoms with E-state index in [1.807, 2.05) is 0 Å². The van der Waals surface area contributed by atoms with Crippen molar-refractivity contribution in [2.45, 2.75) is 36.6 Å². The van der Waals surface area contributed by atoms with Crippen LogP contribution in [0, 0.1) is 0 Å². The van der Waals surface area contributed by atoms with Crippen molar-refractivity contribution in [3.8, 4) is 11.4 Å². The van der Waals surface area contributed by atoms with Gasteiger partial charge in [-0.05, 0) is 12.1 Å². The molecule has 0 aromatic carbocycles. The van der Waals surface area contributed by atoms with Crippen LogP contribution in [-0.4, -0.2) is 61.1 Å². The summed E-state index contributed by atoms with van der Waals surface area (Å²) < 4.78 is 102. The molecule has 1 atom stereocenters. The summed E-state index contributed by atoms with van der Waals surface area (Å²) in [6.45, 7) is -0.536. The normalized spacial score (nSPS) is 13.8. The molecule has 1 unspecified atom stereocenters. The maximum Gasteiger partial charge on any atom is 0.425 e. The lowest BCUT2D eigenvalue weighted by molar-refractivity contribution is -0.247. The highest BCUT2D eigenvalue weighted by Gasteiger charge is 2.57. The van der Waals surface area contributed by atoms with Crippen LogP contribution in [0.4, 0.5) is 32.2 Å². The molecule has 0 saturated carbocycles. The number of nitrogens with zero attached hydrogens (tertiary/aromatic N) is 4. The number of hydrogen-bond donors (Lipinski definition) is 0. The van der Waals surface area contributed by atoms with Crippen LogP contribution in [0.25, 0.3) is 11.4 Å². The van der Waals surface area contributed by atoms with Crippen molar-refractivity contribution in [1.29, 1.82) is 0 Å². The molecule has 0 aliphatic rings. The molecule has 0 N–H and O–H groups in total. The monoisotopic (exact) mass is 472 g/mol. The zero-order valence-electron chi connectivity index (χ0n) is 16.5. The summed E-state index contributed by atoms with van der Waals surface area (Å²) in [6.07, 6.45) is -9.81. The Labute approximate surface area is 173 Å². The summed E-state index contributed by atoms with van der Waals surface area (Å²) in [4.78, 5) is 21.3. The number of rotatable bonds is 7. The first kappa shape index (κ1) is 24.6. The number of hydrogen-bond acceptors (Lipinski definition) is 6. The summed E-state index contributed by atoms with van der Waals surface area (Å²) in [5.41, 5.74) is -1.77. The average molecular weight is 472 g/mol. The number of anilines is 1. The number of alkyl halides is 6. The van der Waals surface area contributed by atoms with Crippen LogP contribution in [0.3, 0.4) is 0 Å². The van der Waals surface area contributed by atoms with Crippen LogP contribution in [0.15, 0.2) is 34.2 Å². The second-order valence-corrected chi connectivity index (χ2v) is 8.97. The summed E-state index contributed by atoms with van der Waals surface area (Å²) in [5.74, 6) is -4.93. The van der Waals surface area contributed by atoms with E-state index in [1.165, 1.54) is 24.0 Å². The molecular formula is C17H18F6N4O3S. The molecule has 0 saturated heterocycles. The van der Waals surface area contributed by atoms with Gasteiger partial charge in [0.2, 0.25) is 0 Å². The molecular weight excluding hydrogens is 454 g/mol. The first-order valence-electron chi connectivity index (χ1n) is 8.66. The Balaban J connectivity index is 2.55. The van der Waals surface area contributed by atoms with Crippen LogP contribution in [-0.2, 0) is 16.4 Å². The number of halogens is 6. The van der Waals surface area contributed by atoms with Gasteiger partial charge in [-0.15, -0.1) is 0 Å². The molecule has 7 nitrogen and oxygen atoms in total. The topological polar surface area (TPSA) is 85.2 Å². The maximum absolute atomic E-state index is 13.6. The van der Waals surface area contributed by atoms with Gasteiger partial charge < -0.3 is 4.90 Å². The molecule has 31 heavy (non-hydrogen) atoms. The number of sulfone groups is 1. The third kappa shape index (κ3) is 5.35. The van der Waals surface area contributed by atoms with Crippen molar-refractivity contribution in [3.63, 3.8) is 0 Å². The van der Waals surface area contributed by atoms with Gasteiger partial charge in [0.1, 0.15) is 11.5 Å². The molecule has 0 aliphatic carbocycles. The van der Waals surface area contributed by atoms with E-state index >= 15 is 0 Å². The van der Waals surface area contributed by atoms with Crippen molar-refractivity contribution >= 4 is 15.7 Å². The molecule has 2 aromatic rings. The average Bonchev–Trinajstić information content (AvgIpc) is 2.67. The van der Waals surface area contributed by atoms with E-state index < -0.39 is 40.2 Å². The Bertz CT molecular complexity index is 1120. The molecule has 0 spiro atoms. The highest BCUT2D eigenvalue weighted by molar-refractivity contribution is 7.91. The molecule has 14 heteroatoms. The Morgan fingerprint density at radius 1 is 1.16 bits per heavy atom. The van der Waals surface area contributed by atoms with Gasteiger partial charge in [0.05, 0.1) is 29.2 Å². The molecule has 0 bridgehead atoms. The second kappa shape index (κ2) is 8.48. The minimum atomic E-state index is -5.82. The van der Waals surface area contributed by atoms with E-state index in [4.69, 9.17) is 0 Å². The van der Waals surface area contributed by atoms with Crippen LogP contribution in [0.5, 0.6) is 0 Å². The van der Waals surface area contributed by atoms with Crippen molar-refractivity contribution in [2.24, 2.45) is 0 Å². The molecule has 172 valence electrons. The lowest BCUT2D eigenvalue weighted by Crippen LogP contribution is -2.46. The van der Waals surface area contributed by atoms with Gasteiger partial charge in [-0.2, -0.15) is 13.2 Å². The van der Waals surface area contributed by atoms with E-state index in [0.29, 0.717) is 18.2 Å². The predicted octanol–water partition coefficient (Wildman–Crippen LogP) is 2.70. The van der Waals surface area contributed by atoms with Crippen LogP contribution < -0.4 is 10.5 Å². The fourth-order valence-corrected chi connectivity index (χ4v) is 3.53. The largest absolute Gasteiger partial charge is 0.425 e. The molecule has 2 rings (SSSR count). The molecule has 0 aliphatic heterocycles. The fourth-order valence-electron chi connectivity index (χ4n) is 2.50. The minimum Gasteiger partial charge on any atom is -0.363 e. The van der Waals surface area contributed by atoms with Gasteiger partial charge in [-0.3, -0.25) is 9.36 Å². The van der Waals surface area contributed by atoms with E-state index in [9.17, 15) is 39.6 Å². The van der Waals surface area contributed by atoms with Crippen LogP contribution in [0.1, 0.15) is 6.92 Å². The van der Waals surface area contributed by atoms with Crippen molar-refractivity contribution in [3.05, 3.63) is 34.9 Å². The van der Waals surface area contributed by atoms with Gasteiger partial charge in [0, 0.05) is 20.2 Å². The Hall–Kier alpha value is -2.64. The molecule has 0 radical (unpaired) electrons. The highest BCUT2D eigenvalue weighted by atomic mass is 32.2. The lowest BCUT2D eigenvalue weighted by atomic mass is 10.2. The smallest absolute Gasteiger partial charge is 0.363 e. The Morgan fingerprint density at radius 3 is 2.26 bits per heavy atom. The summed E-state index contributed by atoms with van der Waals surface area (Å²) >= 11 is 0. The Morgan fingerprint density at radius 2 is 1.77 bits per heavy atom. The predicted molar refractivity (Wildman–Crippen MR) is 99.7 cm³/mol. The van der Waals surface area contributed by atoms with Gasteiger partial charge in [0.25, 0.3) is 11.7 Å². The van der Waals surface area contributed by atoms with Crippen molar-refractivity contribution < 1.29 is 34.8 Å². The van der Waals surface area contributed by atoms with E-state index in [0.717, 1.165) is 0 Å². The van der Waals surface area contributed by atoms with Crippen molar-refractivity contribution in [1.82, 2.24) is 14.5 Å². The molecule has 0 fully saturated rings. The quantitative estimate of drug-likeness (QED) is 0.577. The standard InChI is InChI=1S/C17H18F6N4O3S/c1-4-31(29,30)11-5-6-12(26(2)3)25-14(11)10-7-13(28)27(9-24-10)8-16(19,20)15(18)17(21,22)23/h5-7,9,15H,4,8H2,1-3H3. The fraction of sp³-hybridized carbons (Fsp3) is 0.471. The van der Waals surface area contributed by atoms with Crippen LogP contribution in [0.2, 0.25) is 0 Å². The van der Waals surface area contributed by atoms with Crippen LogP contribution >= 0.6 is 0 Å². The van der Waals surface area contributed by atoms with Gasteiger partial charge in [-0.1, -0.05) is 6.92 Å². The summed E-state index contributed by atoms with van der Waals surface area (Å²) in [6, 6.07) is 3.30. The summed E-state index contributed by atoms with van der Waals surface area (Å²) in [5, 5.41) is 0. The van der Waals surface area contributed by atoms with E-state index in [2.05, 4.69) is 9.97 Å². The number of pyridine rings is 1. The highest BCUT2D eigenvalue weighted by Crippen LogP contribution is 2.35. The van der Waals surface area contributed by atoms with E-state index in [-0.39, 0.29) is 26.6 Å². The summed E-state index contributed by atoms with van der Waals surface area (Å²) in [7, 11) is -0.598. The molecule has 2 heterocycles. The van der Waals surface area contributed by atoms with Gasteiger partial charge in [-0.25, -0.2) is 31.6 Å². The van der Waals surface area contributed by atoms with Gasteiger partial charge >= 0.3 is 12.1 Å². The molecule has 2 aromatic heterocycles. The SMILES string of the molecule is CCS(=O)(=O)c1ccc(N(C)C)nc1-c1cc(=O)n(CC(F)(F)C(F)C(F)(F)F)cn1. The van der Waals surface area contributed by atoms with Gasteiger partial charge in [0.15, 0.2) is 9.84 Å². The van der Waals surface area contributed by atoms with Crippen molar-refractivity contribution in [2.75, 3.05) is 24.7 Å². The first-order chi connectivity index (χ1) is 14.1. The Kier molecular flexibility index (Phi) is 6.73. The van der Waals surface area contributed by atoms with E-state index in [1.54, 1.807) is 14.1 Å². The molecule has 0 amide bonds. The first-order valence-corrected chi connectivity index (χ1v) is 10.3. The third-order valence-electron chi connectivity index (χ3n) is 4.18. The minimum absolute atomic E-state index is 0.103.